The topological polar surface area (TPSA) is 59.4 Å². The molecule has 0 saturated carbocycles. The van der Waals surface area contributed by atoms with E-state index < -0.39 is 0 Å². The van der Waals surface area contributed by atoms with Crippen molar-refractivity contribution in [3.05, 3.63) is 181 Å². The first kappa shape index (κ1) is 29.6. The Morgan fingerprint density at radius 1 is 0.423 bits per heavy atom. The van der Waals surface area contributed by atoms with E-state index in [1.54, 1.807) is 0 Å². The Hall–Kier alpha value is -7.29. The number of aromatic nitrogens is 4. The van der Waals surface area contributed by atoms with Gasteiger partial charge in [-0.2, -0.15) is 5.26 Å². The van der Waals surface area contributed by atoms with Crippen LogP contribution in [-0.4, -0.2) is 19.1 Å². The average Bonchev–Trinajstić information content (AvgIpc) is 3.73. The Kier molecular flexibility index (Phi) is 6.80. The molecule has 3 aromatic heterocycles. The maximum absolute atomic E-state index is 10.6. The molecule has 0 aliphatic heterocycles. The summed E-state index contributed by atoms with van der Waals surface area (Å²) in [6.07, 6.45) is 0. The summed E-state index contributed by atoms with van der Waals surface area (Å²) < 4.78 is 4.71. The van der Waals surface area contributed by atoms with Crippen molar-refractivity contribution < 1.29 is 0 Å². The van der Waals surface area contributed by atoms with Gasteiger partial charge in [-0.05, 0) is 48.5 Å². The summed E-state index contributed by atoms with van der Waals surface area (Å²) in [5.41, 5.74) is 10.9. The van der Waals surface area contributed by atoms with Crippen LogP contribution in [0, 0.1) is 11.3 Å². The molecule has 0 saturated heterocycles. The summed E-state index contributed by atoms with van der Waals surface area (Å²) in [5, 5.41) is 15.2. The first-order valence-electron chi connectivity index (χ1n) is 17.3. The Morgan fingerprint density at radius 2 is 0.904 bits per heavy atom. The van der Waals surface area contributed by atoms with E-state index in [2.05, 4.69) is 124 Å². The van der Waals surface area contributed by atoms with Gasteiger partial charge in [0.2, 0.25) is 0 Å². The number of nitrogens with zero attached hydrogens (tertiary/aromatic N) is 5. The molecule has 3 heterocycles. The maximum atomic E-state index is 10.6. The van der Waals surface area contributed by atoms with Crippen molar-refractivity contribution in [2.24, 2.45) is 0 Å². The number of fused-ring (bicyclic) bond motifs is 6. The Bertz CT molecular complexity index is 2930. The van der Waals surface area contributed by atoms with Crippen LogP contribution in [0.3, 0.4) is 0 Å². The predicted molar refractivity (Wildman–Crippen MR) is 212 cm³/mol. The van der Waals surface area contributed by atoms with Gasteiger partial charge in [-0.1, -0.05) is 127 Å². The van der Waals surface area contributed by atoms with Crippen LogP contribution < -0.4 is 0 Å². The van der Waals surface area contributed by atoms with Gasteiger partial charge in [-0.3, -0.25) is 0 Å². The monoisotopic (exact) mass is 663 g/mol. The third-order valence-electron chi connectivity index (χ3n) is 9.97. The first-order chi connectivity index (χ1) is 25.8. The molecule has 52 heavy (non-hydrogen) atoms. The van der Waals surface area contributed by atoms with Gasteiger partial charge < -0.3 is 9.13 Å². The van der Waals surface area contributed by atoms with Crippen molar-refractivity contribution >= 4 is 43.6 Å². The highest BCUT2D eigenvalue weighted by Crippen LogP contribution is 2.43. The molecule has 5 heteroatoms. The van der Waals surface area contributed by atoms with Crippen molar-refractivity contribution in [1.82, 2.24) is 19.1 Å². The minimum atomic E-state index is 0.452. The zero-order chi connectivity index (χ0) is 34.6. The van der Waals surface area contributed by atoms with Crippen LogP contribution in [-0.2, 0) is 0 Å². The molecule has 0 unspecified atom stereocenters. The minimum Gasteiger partial charge on any atom is -0.309 e. The summed E-state index contributed by atoms with van der Waals surface area (Å²) in [7, 11) is 0. The van der Waals surface area contributed by atoms with Gasteiger partial charge >= 0.3 is 0 Å². The normalized spacial score (nSPS) is 11.4. The highest BCUT2D eigenvalue weighted by molar-refractivity contribution is 6.20. The van der Waals surface area contributed by atoms with E-state index in [0.717, 1.165) is 55.4 Å². The first-order valence-corrected chi connectivity index (χ1v) is 17.3. The number of para-hydroxylation sites is 4. The number of nitriles is 1. The molecule has 10 rings (SSSR count). The van der Waals surface area contributed by atoms with Gasteiger partial charge in [0, 0.05) is 49.6 Å². The van der Waals surface area contributed by atoms with Gasteiger partial charge in [-0.25, -0.2) is 9.97 Å². The lowest BCUT2D eigenvalue weighted by Crippen LogP contribution is -2.02. The molecule has 0 bridgehead atoms. The van der Waals surface area contributed by atoms with Crippen LogP contribution in [0.2, 0.25) is 0 Å². The molecule has 0 fully saturated rings. The molecule has 0 aliphatic carbocycles. The molecule has 0 radical (unpaired) electrons. The lowest BCUT2D eigenvalue weighted by molar-refractivity contribution is 1.15. The molecule has 7 aromatic carbocycles. The summed E-state index contributed by atoms with van der Waals surface area (Å²) in [5.74, 6) is 0.561. The quantitative estimate of drug-likeness (QED) is 0.184. The van der Waals surface area contributed by atoms with Crippen LogP contribution in [0.4, 0.5) is 0 Å². The Morgan fingerprint density at radius 3 is 1.50 bits per heavy atom. The fraction of sp³-hybridized carbons (Fsp3) is 0. The van der Waals surface area contributed by atoms with E-state index in [1.165, 1.54) is 16.3 Å². The van der Waals surface area contributed by atoms with Crippen molar-refractivity contribution in [2.45, 2.75) is 0 Å². The Balaban J connectivity index is 1.35. The second-order valence-corrected chi connectivity index (χ2v) is 12.9. The number of rotatable bonds is 5. The number of benzene rings is 7. The van der Waals surface area contributed by atoms with Crippen LogP contribution in [0.5, 0.6) is 0 Å². The summed E-state index contributed by atoms with van der Waals surface area (Å²) in [6, 6.07) is 63.1. The molecule has 10 aromatic rings. The molecule has 0 atom stereocenters. The number of hydrogen-bond acceptors (Lipinski definition) is 3. The lowest BCUT2D eigenvalue weighted by atomic mass is 10.00. The third-order valence-corrected chi connectivity index (χ3v) is 9.97. The van der Waals surface area contributed by atoms with E-state index in [-0.39, 0.29) is 0 Å². The molecular weight excluding hydrogens is 635 g/mol. The van der Waals surface area contributed by atoms with Crippen LogP contribution in [0.25, 0.3) is 88.9 Å². The molecule has 5 nitrogen and oxygen atoms in total. The largest absolute Gasteiger partial charge is 0.309 e. The van der Waals surface area contributed by atoms with Gasteiger partial charge in [0.25, 0.3) is 0 Å². The van der Waals surface area contributed by atoms with Crippen molar-refractivity contribution in [2.75, 3.05) is 0 Å². The van der Waals surface area contributed by atoms with Gasteiger partial charge in [0.05, 0.1) is 33.5 Å². The van der Waals surface area contributed by atoms with Crippen molar-refractivity contribution in [3.63, 3.8) is 0 Å². The summed E-state index contributed by atoms with van der Waals surface area (Å²) in [6.45, 7) is 0. The van der Waals surface area contributed by atoms with Crippen LogP contribution in [0.1, 0.15) is 5.56 Å². The van der Waals surface area contributed by atoms with E-state index >= 15 is 0 Å². The molecule has 0 spiro atoms. The molecule has 0 aliphatic rings. The van der Waals surface area contributed by atoms with Gasteiger partial charge in [0.1, 0.15) is 11.6 Å². The molecule has 242 valence electrons. The zero-order valence-corrected chi connectivity index (χ0v) is 28.0. The smallest absolute Gasteiger partial charge is 0.162 e. The zero-order valence-electron chi connectivity index (χ0n) is 28.0. The summed E-state index contributed by atoms with van der Waals surface area (Å²) in [4.78, 5) is 10.4. The van der Waals surface area contributed by atoms with E-state index in [1.807, 2.05) is 66.7 Å². The lowest BCUT2D eigenvalue weighted by Gasteiger charge is -2.14. The maximum Gasteiger partial charge on any atom is 0.162 e. The van der Waals surface area contributed by atoms with E-state index in [9.17, 15) is 5.26 Å². The minimum absolute atomic E-state index is 0.452. The Labute approximate surface area is 299 Å². The van der Waals surface area contributed by atoms with Crippen LogP contribution >= 0.6 is 0 Å². The average molecular weight is 664 g/mol. The highest BCUT2D eigenvalue weighted by Gasteiger charge is 2.24. The van der Waals surface area contributed by atoms with E-state index in [0.29, 0.717) is 22.8 Å². The fourth-order valence-electron chi connectivity index (χ4n) is 7.70. The standard InChI is InChI=1S/C47H29N5/c48-30-40-44(31-16-5-1-6-17-31)49-47(50-45(40)32-18-7-2-8-19-32)37-26-15-25-36-39-29-42-38(28-43(39)52(46(36)37)34-22-11-4-12-23-34)35-24-13-14-27-41(35)51(42)33-20-9-3-10-21-33/h1-29H. The summed E-state index contributed by atoms with van der Waals surface area (Å²) >= 11 is 0. The van der Waals surface area contributed by atoms with Gasteiger partial charge in [0.15, 0.2) is 5.82 Å². The van der Waals surface area contributed by atoms with E-state index in [4.69, 9.17) is 9.97 Å². The third kappa shape index (κ3) is 4.56. The highest BCUT2D eigenvalue weighted by atomic mass is 15.0. The van der Waals surface area contributed by atoms with Gasteiger partial charge in [-0.15, -0.1) is 0 Å². The van der Waals surface area contributed by atoms with Crippen molar-refractivity contribution in [3.8, 4) is 51.3 Å². The number of hydrogen-bond donors (Lipinski definition) is 0. The van der Waals surface area contributed by atoms with Crippen LogP contribution in [0.15, 0.2) is 176 Å². The SMILES string of the molecule is N#Cc1c(-c2ccccc2)nc(-c2cccc3c4cc5c(cc4n(-c4ccccc4)c23)c2ccccc2n5-c2ccccc2)nc1-c1ccccc1. The molecule has 0 N–H and O–H groups in total. The fourth-order valence-corrected chi connectivity index (χ4v) is 7.70. The predicted octanol–water partition coefficient (Wildman–Crippen LogP) is 11.5. The second-order valence-electron chi connectivity index (χ2n) is 12.9. The van der Waals surface area contributed by atoms with Crippen molar-refractivity contribution in [1.29, 1.82) is 5.26 Å². The molecule has 0 amide bonds. The molecular formula is C47H29N5. The second kappa shape index (κ2) is 11.9.